The average Bonchev–Trinajstić information content (AvgIpc) is 3.18. The van der Waals surface area contributed by atoms with Crippen LogP contribution in [0.3, 0.4) is 0 Å². The molecule has 1 saturated heterocycles. The van der Waals surface area contributed by atoms with E-state index in [4.69, 9.17) is 9.47 Å². The third-order valence-corrected chi connectivity index (χ3v) is 4.35. The number of nitrogens with zero attached hydrogens (tertiary/aromatic N) is 2. The first-order valence-corrected chi connectivity index (χ1v) is 9.77. The van der Waals surface area contributed by atoms with Crippen molar-refractivity contribution in [2.45, 2.75) is 32.9 Å². The van der Waals surface area contributed by atoms with Crippen molar-refractivity contribution in [2.24, 2.45) is 10.9 Å². The fraction of sp³-hybridized carbons (Fsp3) is 0.650. The zero-order chi connectivity index (χ0) is 20.2. The molecule has 0 spiro atoms. The summed E-state index contributed by atoms with van der Waals surface area (Å²) in [4.78, 5) is 6.64. The van der Waals surface area contributed by atoms with Crippen LogP contribution >= 0.6 is 24.0 Å². The van der Waals surface area contributed by atoms with E-state index in [1.165, 1.54) is 0 Å². The van der Waals surface area contributed by atoms with Crippen molar-refractivity contribution in [2.75, 3.05) is 46.6 Å². The lowest BCUT2D eigenvalue weighted by atomic mass is 10.1. The molecule has 1 aliphatic rings. The van der Waals surface area contributed by atoms with Gasteiger partial charge in [-0.05, 0) is 37.5 Å². The molecule has 1 aliphatic heterocycles. The van der Waals surface area contributed by atoms with E-state index in [1.807, 2.05) is 18.9 Å². The van der Waals surface area contributed by atoms with Crippen molar-refractivity contribution in [3.8, 4) is 5.75 Å². The Hall–Kier alpha value is -1.20. The lowest BCUT2D eigenvalue weighted by Gasteiger charge is -2.22. The van der Waals surface area contributed by atoms with Crippen LogP contribution in [0.25, 0.3) is 0 Å². The number of guanidine groups is 1. The normalized spacial score (nSPS) is 16.6. The monoisotopic (exact) mass is 527 g/mol. The molecule has 9 heteroatoms. The molecule has 0 radical (unpaired) electrons. The fourth-order valence-electron chi connectivity index (χ4n) is 2.91. The van der Waals surface area contributed by atoms with Crippen LogP contribution < -0.4 is 10.1 Å². The fourth-order valence-corrected chi connectivity index (χ4v) is 2.91. The molecule has 2 rings (SSSR count). The summed E-state index contributed by atoms with van der Waals surface area (Å²) >= 11 is 0. The highest BCUT2D eigenvalue weighted by Crippen LogP contribution is 2.16. The molecule has 1 heterocycles. The number of hydrogen-bond donors (Lipinski definition) is 1. The first-order valence-electron chi connectivity index (χ1n) is 9.77. The van der Waals surface area contributed by atoms with Crippen molar-refractivity contribution in [3.05, 3.63) is 29.8 Å². The summed E-state index contributed by atoms with van der Waals surface area (Å²) in [6.07, 6.45) is 1.94. The quantitative estimate of drug-likeness (QED) is 0.206. The molecule has 1 N–H and O–H groups in total. The third kappa shape index (κ3) is 10.4. The van der Waals surface area contributed by atoms with Gasteiger partial charge in [-0.25, -0.2) is 0 Å². The van der Waals surface area contributed by atoms with Gasteiger partial charge in [0.25, 0.3) is 0 Å². The highest BCUT2D eigenvalue weighted by Gasteiger charge is 2.15. The largest absolute Gasteiger partial charge is 0.435 e. The van der Waals surface area contributed by atoms with Crippen LogP contribution in [0.2, 0.25) is 0 Å². The molecule has 6 nitrogen and oxygen atoms in total. The van der Waals surface area contributed by atoms with Crippen LogP contribution in [-0.2, 0) is 16.0 Å². The van der Waals surface area contributed by atoms with Gasteiger partial charge >= 0.3 is 6.61 Å². The predicted octanol–water partition coefficient (Wildman–Crippen LogP) is 3.75. The average molecular weight is 527 g/mol. The molecular weight excluding hydrogens is 495 g/mol. The first kappa shape index (κ1) is 25.8. The first-order chi connectivity index (χ1) is 13.6. The number of alkyl halides is 2. The molecular formula is C20H32F2IN3O3. The number of ether oxygens (including phenoxy) is 3. The second-order valence-electron chi connectivity index (χ2n) is 6.77. The van der Waals surface area contributed by atoms with Gasteiger partial charge in [-0.15, -0.1) is 24.0 Å². The Bertz CT molecular complexity index is 585. The molecule has 0 bridgehead atoms. The number of aliphatic imine (C=N–C) groups is 1. The summed E-state index contributed by atoms with van der Waals surface area (Å²) in [6.45, 7) is 4.37. The highest BCUT2D eigenvalue weighted by molar-refractivity contribution is 14.0. The van der Waals surface area contributed by atoms with Crippen LogP contribution in [0.4, 0.5) is 8.78 Å². The van der Waals surface area contributed by atoms with E-state index in [2.05, 4.69) is 15.0 Å². The smallest absolute Gasteiger partial charge is 0.387 e. The lowest BCUT2D eigenvalue weighted by Crippen LogP contribution is -2.38. The summed E-state index contributed by atoms with van der Waals surface area (Å²) in [5.41, 5.74) is 0.983. The van der Waals surface area contributed by atoms with Crippen molar-refractivity contribution in [1.29, 1.82) is 0 Å². The molecule has 29 heavy (non-hydrogen) atoms. The van der Waals surface area contributed by atoms with Crippen molar-refractivity contribution in [3.63, 3.8) is 0 Å². The summed E-state index contributed by atoms with van der Waals surface area (Å²) in [7, 11) is 1.95. The third-order valence-electron chi connectivity index (χ3n) is 4.35. The zero-order valence-corrected chi connectivity index (χ0v) is 19.4. The van der Waals surface area contributed by atoms with E-state index in [1.54, 1.807) is 24.3 Å². The second-order valence-corrected chi connectivity index (χ2v) is 6.77. The molecule has 1 fully saturated rings. The van der Waals surface area contributed by atoms with Crippen LogP contribution in [0, 0.1) is 5.92 Å². The maximum atomic E-state index is 12.2. The van der Waals surface area contributed by atoms with Crippen LogP contribution in [-0.4, -0.2) is 64.0 Å². The van der Waals surface area contributed by atoms with Crippen LogP contribution in [0.15, 0.2) is 29.3 Å². The zero-order valence-electron chi connectivity index (χ0n) is 17.1. The lowest BCUT2D eigenvalue weighted by molar-refractivity contribution is -0.0498. The SMILES string of the molecule is CCNC(=NCCCOCC1CCOC1)N(C)Cc1ccc(OC(F)F)cc1.I. The Balaban J connectivity index is 0.00000420. The van der Waals surface area contributed by atoms with E-state index in [0.29, 0.717) is 25.6 Å². The highest BCUT2D eigenvalue weighted by atomic mass is 127. The minimum absolute atomic E-state index is 0. The minimum atomic E-state index is -2.81. The minimum Gasteiger partial charge on any atom is -0.435 e. The standard InChI is InChI=1S/C20H31F2N3O3.HI/c1-3-23-20(24-10-4-11-26-14-17-9-12-27-15-17)25(2)13-16-5-7-18(8-6-16)28-19(21)22;/h5-8,17,19H,3-4,9-15H2,1-2H3,(H,23,24);1H. The number of nitrogens with one attached hydrogen (secondary N) is 1. The predicted molar refractivity (Wildman–Crippen MR) is 120 cm³/mol. The molecule has 0 aromatic heterocycles. The maximum absolute atomic E-state index is 12.2. The van der Waals surface area contributed by atoms with Crippen molar-refractivity contribution < 1.29 is 23.0 Å². The molecule has 166 valence electrons. The Morgan fingerprint density at radius 2 is 2.10 bits per heavy atom. The van der Waals surface area contributed by atoms with Gasteiger partial charge in [0.1, 0.15) is 5.75 Å². The summed E-state index contributed by atoms with van der Waals surface area (Å²) in [5, 5.41) is 3.27. The van der Waals surface area contributed by atoms with Gasteiger partial charge in [-0.2, -0.15) is 8.78 Å². The van der Waals surface area contributed by atoms with Gasteiger partial charge in [-0.3, -0.25) is 4.99 Å². The van der Waals surface area contributed by atoms with E-state index in [9.17, 15) is 8.78 Å². The van der Waals surface area contributed by atoms with Gasteiger partial charge in [0, 0.05) is 45.8 Å². The maximum Gasteiger partial charge on any atom is 0.387 e. The Morgan fingerprint density at radius 3 is 2.72 bits per heavy atom. The van der Waals surface area contributed by atoms with Crippen LogP contribution in [0.5, 0.6) is 5.75 Å². The Morgan fingerprint density at radius 1 is 1.34 bits per heavy atom. The van der Waals surface area contributed by atoms with E-state index in [-0.39, 0.29) is 29.7 Å². The molecule has 1 atom stereocenters. The van der Waals surface area contributed by atoms with Gasteiger partial charge in [-0.1, -0.05) is 12.1 Å². The van der Waals surface area contributed by atoms with Gasteiger partial charge < -0.3 is 24.4 Å². The molecule has 1 aromatic rings. The number of halogens is 3. The van der Waals surface area contributed by atoms with E-state index in [0.717, 1.165) is 50.7 Å². The van der Waals surface area contributed by atoms with Crippen molar-refractivity contribution >= 4 is 29.9 Å². The van der Waals surface area contributed by atoms with Gasteiger partial charge in [0.05, 0.1) is 13.2 Å². The Kier molecular flexibility index (Phi) is 13.1. The van der Waals surface area contributed by atoms with Gasteiger partial charge in [0.2, 0.25) is 0 Å². The number of benzene rings is 1. The molecule has 1 unspecified atom stereocenters. The second kappa shape index (κ2) is 14.7. The Labute approximate surface area is 189 Å². The molecule has 0 amide bonds. The summed E-state index contributed by atoms with van der Waals surface area (Å²) in [5.74, 6) is 1.50. The number of hydrogen-bond acceptors (Lipinski definition) is 4. The summed E-state index contributed by atoms with van der Waals surface area (Å²) in [6, 6.07) is 6.65. The topological polar surface area (TPSA) is 55.3 Å². The molecule has 0 aliphatic carbocycles. The van der Waals surface area contributed by atoms with Gasteiger partial charge in [0.15, 0.2) is 5.96 Å². The van der Waals surface area contributed by atoms with E-state index < -0.39 is 6.61 Å². The summed E-state index contributed by atoms with van der Waals surface area (Å²) < 4.78 is 39.9. The van der Waals surface area contributed by atoms with E-state index >= 15 is 0 Å². The van der Waals surface area contributed by atoms with Crippen molar-refractivity contribution in [1.82, 2.24) is 10.2 Å². The number of rotatable bonds is 11. The molecule has 1 aromatic carbocycles. The van der Waals surface area contributed by atoms with Crippen LogP contribution in [0.1, 0.15) is 25.3 Å². The molecule has 0 saturated carbocycles.